The SMILES string of the molecule is CCCCCCNC(=O)c1cc(CCCC)c(O)c(CCCC)c1. The molecule has 0 aliphatic heterocycles. The Morgan fingerprint density at radius 2 is 1.42 bits per heavy atom. The minimum absolute atomic E-state index is 0.0120. The first-order valence-corrected chi connectivity index (χ1v) is 9.76. The minimum Gasteiger partial charge on any atom is -0.507 e. The standard InChI is InChI=1S/C21H35NO2/c1-4-7-10-11-14-22-21(24)19-15-17(12-8-5-2)20(23)18(16-19)13-9-6-3/h15-16,23H,4-14H2,1-3H3,(H,22,24). The monoisotopic (exact) mass is 333 g/mol. The summed E-state index contributed by atoms with van der Waals surface area (Å²) in [5.74, 6) is 0.387. The van der Waals surface area contributed by atoms with Gasteiger partial charge in [0.1, 0.15) is 5.75 Å². The van der Waals surface area contributed by atoms with Gasteiger partial charge in [-0.2, -0.15) is 0 Å². The zero-order valence-electron chi connectivity index (χ0n) is 15.8. The van der Waals surface area contributed by atoms with E-state index in [9.17, 15) is 9.90 Å². The van der Waals surface area contributed by atoms with Crippen LogP contribution in [0.4, 0.5) is 0 Å². The molecule has 24 heavy (non-hydrogen) atoms. The Morgan fingerprint density at radius 1 is 0.875 bits per heavy atom. The summed E-state index contributed by atoms with van der Waals surface area (Å²) in [5, 5.41) is 13.5. The first-order chi connectivity index (χ1) is 11.6. The molecule has 1 amide bonds. The molecule has 3 heteroatoms. The summed E-state index contributed by atoms with van der Waals surface area (Å²) >= 11 is 0. The third-order valence-corrected chi connectivity index (χ3v) is 4.45. The van der Waals surface area contributed by atoms with E-state index in [1.807, 2.05) is 12.1 Å². The summed E-state index contributed by atoms with van der Waals surface area (Å²) in [6.07, 6.45) is 10.5. The first-order valence-electron chi connectivity index (χ1n) is 9.76. The smallest absolute Gasteiger partial charge is 0.251 e. The Bertz CT molecular complexity index is 468. The lowest BCUT2D eigenvalue weighted by Crippen LogP contribution is -2.24. The summed E-state index contributed by atoms with van der Waals surface area (Å²) in [7, 11) is 0. The average molecular weight is 334 g/mol. The maximum Gasteiger partial charge on any atom is 0.251 e. The molecular weight excluding hydrogens is 298 g/mol. The molecule has 0 saturated heterocycles. The van der Waals surface area contributed by atoms with E-state index in [0.29, 0.717) is 11.3 Å². The van der Waals surface area contributed by atoms with Gasteiger partial charge >= 0.3 is 0 Å². The Kier molecular flexibility index (Phi) is 10.2. The first kappa shape index (κ1) is 20.5. The molecule has 0 aliphatic rings. The van der Waals surface area contributed by atoms with E-state index in [2.05, 4.69) is 26.1 Å². The zero-order chi connectivity index (χ0) is 17.8. The number of rotatable bonds is 12. The van der Waals surface area contributed by atoms with Crippen molar-refractivity contribution in [3.05, 3.63) is 28.8 Å². The van der Waals surface area contributed by atoms with Gasteiger partial charge in [0.15, 0.2) is 0 Å². The van der Waals surface area contributed by atoms with Crippen LogP contribution in [0.25, 0.3) is 0 Å². The van der Waals surface area contributed by atoms with Crippen LogP contribution in [0.3, 0.4) is 0 Å². The molecule has 2 N–H and O–H groups in total. The number of hydrogen-bond acceptors (Lipinski definition) is 2. The molecule has 1 rings (SSSR count). The van der Waals surface area contributed by atoms with Gasteiger partial charge in [0.2, 0.25) is 0 Å². The highest BCUT2D eigenvalue weighted by Crippen LogP contribution is 2.28. The number of benzene rings is 1. The molecular formula is C21H35NO2. The molecule has 0 spiro atoms. The molecule has 0 aromatic heterocycles. The van der Waals surface area contributed by atoms with Crippen LogP contribution in [0.15, 0.2) is 12.1 Å². The highest BCUT2D eigenvalue weighted by molar-refractivity contribution is 5.94. The van der Waals surface area contributed by atoms with Gasteiger partial charge in [0.05, 0.1) is 0 Å². The van der Waals surface area contributed by atoms with E-state index in [0.717, 1.165) is 69.0 Å². The van der Waals surface area contributed by atoms with E-state index in [4.69, 9.17) is 0 Å². The third kappa shape index (κ3) is 6.94. The molecule has 0 fully saturated rings. The van der Waals surface area contributed by atoms with E-state index < -0.39 is 0 Å². The maximum absolute atomic E-state index is 12.4. The van der Waals surface area contributed by atoms with Crippen LogP contribution in [-0.2, 0) is 12.8 Å². The number of amides is 1. The summed E-state index contributed by atoms with van der Waals surface area (Å²) < 4.78 is 0. The molecule has 0 heterocycles. The fourth-order valence-electron chi connectivity index (χ4n) is 2.86. The maximum atomic E-state index is 12.4. The number of unbranched alkanes of at least 4 members (excludes halogenated alkanes) is 5. The topological polar surface area (TPSA) is 49.3 Å². The molecule has 3 nitrogen and oxygen atoms in total. The normalized spacial score (nSPS) is 10.8. The van der Waals surface area contributed by atoms with Gasteiger partial charge in [-0.05, 0) is 55.4 Å². The molecule has 1 aromatic carbocycles. The van der Waals surface area contributed by atoms with Gasteiger partial charge in [-0.3, -0.25) is 4.79 Å². The third-order valence-electron chi connectivity index (χ3n) is 4.45. The van der Waals surface area contributed by atoms with Crippen LogP contribution < -0.4 is 5.32 Å². The molecule has 0 saturated carbocycles. The number of phenols is 1. The van der Waals surface area contributed by atoms with Crippen molar-refractivity contribution in [3.63, 3.8) is 0 Å². The predicted molar refractivity (Wildman–Crippen MR) is 102 cm³/mol. The Hall–Kier alpha value is -1.51. The molecule has 0 aliphatic carbocycles. The van der Waals surface area contributed by atoms with Crippen LogP contribution in [0.2, 0.25) is 0 Å². The molecule has 1 aromatic rings. The quantitative estimate of drug-likeness (QED) is 0.504. The number of carbonyl (C=O) groups excluding carboxylic acids is 1. The van der Waals surface area contributed by atoms with Crippen LogP contribution in [-0.4, -0.2) is 17.6 Å². The Labute approximate surface area is 147 Å². The molecule has 0 bridgehead atoms. The second-order valence-electron chi connectivity index (χ2n) is 6.67. The molecule has 136 valence electrons. The zero-order valence-corrected chi connectivity index (χ0v) is 15.8. The second-order valence-corrected chi connectivity index (χ2v) is 6.67. The summed E-state index contributed by atoms with van der Waals surface area (Å²) in [6, 6.07) is 3.75. The average Bonchev–Trinajstić information content (AvgIpc) is 2.59. The van der Waals surface area contributed by atoms with Crippen molar-refractivity contribution in [3.8, 4) is 5.75 Å². The summed E-state index contributed by atoms with van der Waals surface area (Å²) in [4.78, 5) is 12.4. The van der Waals surface area contributed by atoms with E-state index in [-0.39, 0.29) is 5.91 Å². The van der Waals surface area contributed by atoms with Gasteiger partial charge in [-0.25, -0.2) is 0 Å². The molecule has 0 radical (unpaired) electrons. The van der Waals surface area contributed by atoms with Gasteiger partial charge in [0.25, 0.3) is 5.91 Å². The Morgan fingerprint density at radius 3 is 1.92 bits per heavy atom. The van der Waals surface area contributed by atoms with Gasteiger partial charge in [-0.1, -0.05) is 52.9 Å². The summed E-state index contributed by atoms with van der Waals surface area (Å²) in [5.41, 5.74) is 2.53. The summed E-state index contributed by atoms with van der Waals surface area (Å²) in [6.45, 7) is 7.20. The number of phenolic OH excluding ortho intramolecular Hbond substituents is 1. The second kappa shape index (κ2) is 11.9. The van der Waals surface area contributed by atoms with Crippen LogP contribution in [0.1, 0.15) is 93.6 Å². The van der Waals surface area contributed by atoms with Gasteiger partial charge in [-0.15, -0.1) is 0 Å². The number of carbonyl (C=O) groups is 1. The van der Waals surface area contributed by atoms with Crippen molar-refractivity contribution in [2.75, 3.05) is 6.54 Å². The van der Waals surface area contributed by atoms with Crippen LogP contribution in [0, 0.1) is 0 Å². The van der Waals surface area contributed by atoms with Crippen molar-refractivity contribution in [2.24, 2.45) is 0 Å². The fourth-order valence-corrected chi connectivity index (χ4v) is 2.86. The van der Waals surface area contributed by atoms with Crippen molar-refractivity contribution in [1.82, 2.24) is 5.32 Å². The van der Waals surface area contributed by atoms with Crippen molar-refractivity contribution in [1.29, 1.82) is 0 Å². The molecule has 0 atom stereocenters. The van der Waals surface area contributed by atoms with Crippen LogP contribution >= 0.6 is 0 Å². The lowest BCUT2D eigenvalue weighted by atomic mass is 9.96. The number of hydrogen-bond donors (Lipinski definition) is 2. The number of aromatic hydroxyl groups is 1. The Balaban J connectivity index is 2.81. The van der Waals surface area contributed by atoms with E-state index >= 15 is 0 Å². The lowest BCUT2D eigenvalue weighted by molar-refractivity contribution is 0.0952. The molecule has 0 unspecified atom stereocenters. The van der Waals surface area contributed by atoms with Gasteiger partial charge < -0.3 is 10.4 Å². The highest BCUT2D eigenvalue weighted by atomic mass is 16.3. The van der Waals surface area contributed by atoms with E-state index in [1.54, 1.807) is 0 Å². The van der Waals surface area contributed by atoms with Crippen molar-refractivity contribution < 1.29 is 9.90 Å². The predicted octanol–water partition coefficient (Wildman–Crippen LogP) is 5.39. The fraction of sp³-hybridized carbons (Fsp3) is 0.667. The lowest BCUT2D eigenvalue weighted by Gasteiger charge is -2.13. The van der Waals surface area contributed by atoms with Gasteiger partial charge in [0, 0.05) is 12.1 Å². The number of nitrogens with one attached hydrogen (secondary N) is 1. The largest absolute Gasteiger partial charge is 0.507 e. The van der Waals surface area contributed by atoms with Crippen molar-refractivity contribution in [2.45, 2.75) is 85.0 Å². The van der Waals surface area contributed by atoms with E-state index in [1.165, 1.54) is 12.8 Å². The van der Waals surface area contributed by atoms with Crippen LogP contribution in [0.5, 0.6) is 5.75 Å². The van der Waals surface area contributed by atoms with Crippen molar-refractivity contribution >= 4 is 5.91 Å². The number of aryl methyl sites for hydroxylation is 2. The minimum atomic E-state index is -0.0120. The highest BCUT2D eigenvalue weighted by Gasteiger charge is 2.14.